The van der Waals surface area contributed by atoms with Crippen LogP contribution in [0.1, 0.15) is 97.3 Å². The van der Waals surface area contributed by atoms with Gasteiger partial charge < -0.3 is 0 Å². The van der Waals surface area contributed by atoms with Crippen molar-refractivity contribution in [1.82, 2.24) is 0 Å². The van der Waals surface area contributed by atoms with Crippen LogP contribution in [0.5, 0.6) is 0 Å². The largest absolute Gasteiger partial charge is 0.208 e. The van der Waals surface area contributed by atoms with Gasteiger partial charge in [0.25, 0.3) is 0 Å². The van der Waals surface area contributed by atoms with Crippen molar-refractivity contribution in [3.05, 3.63) is 0 Å². The van der Waals surface area contributed by atoms with Crippen molar-refractivity contribution in [3.63, 3.8) is 0 Å². The average Bonchev–Trinajstić information content (AvgIpc) is 2.40. The highest BCUT2D eigenvalue weighted by Gasteiger charge is 2.07. The first kappa shape index (κ1) is 18.5. The Morgan fingerprint density at radius 2 is 1.06 bits per heavy atom. The SMILES string of the molecule is CCCCCCCCC(BBr)CCCCCCC. The second-order valence-corrected chi connectivity index (χ2v) is 6.43. The Morgan fingerprint density at radius 3 is 1.44 bits per heavy atom. The van der Waals surface area contributed by atoms with Gasteiger partial charge in [-0.2, -0.15) is 15.8 Å². The van der Waals surface area contributed by atoms with Crippen LogP contribution in [0.3, 0.4) is 0 Å². The second-order valence-electron chi connectivity index (χ2n) is 5.78. The van der Waals surface area contributed by atoms with Crippen LogP contribution in [-0.4, -0.2) is 6.10 Å². The first-order valence-corrected chi connectivity index (χ1v) is 9.53. The Morgan fingerprint density at radius 1 is 0.667 bits per heavy atom. The third kappa shape index (κ3) is 13.0. The zero-order valence-electron chi connectivity index (χ0n) is 12.9. The second kappa shape index (κ2) is 15.6. The molecule has 0 rings (SSSR count). The Balaban J connectivity index is 3.29. The van der Waals surface area contributed by atoms with Crippen LogP contribution in [0.15, 0.2) is 0 Å². The first-order valence-electron chi connectivity index (χ1n) is 8.41. The van der Waals surface area contributed by atoms with E-state index in [0.717, 1.165) is 5.82 Å². The standard InChI is InChI=1S/C16H34BBr/c1-3-5-7-9-11-13-15-16(17-18)14-12-10-8-6-4-2/h16-17H,3-15H2,1-2H3. The molecule has 0 N–H and O–H groups in total. The lowest BCUT2D eigenvalue weighted by Crippen LogP contribution is -1.98. The summed E-state index contributed by atoms with van der Waals surface area (Å²) >= 11 is 3.69. The van der Waals surface area contributed by atoms with Crippen LogP contribution in [0.4, 0.5) is 0 Å². The summed E-state index contributed by atoms with van der Waals surface area (Å²) in [4.78, 5) is 0. The van der Waals surface area contributed by atoms with E-state index in [1.54, 1.807) is 0 Å². The van der Waals surface area contributed by atoms with Crippen LogP contribution in [0.25, 0.3) is 0 Å². The zero-order valence-corrected chi connectivity index (χ0v) is 14.4. The smallest absolute Gasteiger partial charge is 0.162 e. The van der Waals surface area contributed by atoms with E-state index in [9.17, 15) is 0 Å². The van der Waals surface area contributed by atoms with Crippen molar-refractivity contribution in [3.8, 4) is 0 Å². The van der Waals surface area contributed by atoms with E-state index in [1.807, 2.05) is 0 Å². The van der Waals surface area contributed by atoms with Gasteiger partial charge >= 0.3 is 0 Å². The lowest BCUT2D eigenvalue weighted by atomic mass is 9.78. The Hall–Kier alpha value is 0.545. The van der Waals surface area contributed by atoms with E-state index in [-0.39, 0.29) is 0 Å². The van der Waals surface area contributed by atoms with Crippen molar-refractivity contribution in [1.29, 1.82) is 0 Å². The van der Waals surface area contributed by atoms with Crippen molar-refractivity contribution < 1.29 is 0 Å². The molecular weight excluding hydrogens is 283 g/mol. The van der Waals surface area contributed by atoms with E-state index in [2.05, 4.69) is 29.6 Å². The molecule has 108 valence electrons. The topological polar surface area (TPSA) is 0 Å². The highest BCUT2D eigenvalue weighted by Crippen LogP contribution is 2.24. The fourth-order valence-corrected chi connectivity index (χ4v) is 3.20. The molecule has 0 fully saturated rings. The molecule has 0 aliphatic heterocycles. The molecule has 0 aliphatic rings. The Labute approximate surface area is 125 Å². The molecule has 0 saturated heterocycles. The third-order valence-corrected chi connectivity index (χ3v) is 4.82. The molecule has 1 atom stereocenters. The molecule has 0 saturated carbocycles. The van der Waals surface area contributed by atoms with Gasteiger partial charge in [-0.3, -0.25) is 0 Å². The van der Waals surface area contributed by atoms with E-state index < -0.39 is 0 Å². The van der Waals surface area contributed by atoms with Crippen LogP contribution in [0, 0.1) is 0 Å². The fraction of sp³-hybridized carbons (Fsp3) is 1.00. The van der Waals surface area contributed by atoms with Gasteiger partial charge in [0.15, 0.2) is 0 Å². The molecule has 2 heteroatoms. The molecule has 0 aromatic rings. The lowest BCUT2D eigenvalue weighted by Gasteiger charge is -2.12. The first-order chi connectivity index (χ1) is 8.85. The summed E-state index contributed by atoms with van der Waals surface area (Å²) in [6.45, 7) is 4.58. The summed E-state index contributed by atoms with van der Waals surface area (Å²) < 4.78 is 0. The van der Waals surface area contributed by atoms with Crippen molar-refractivity contribution in [2.75, 3.05) is 0 Å². The molecule has 18 heavy (non-hydrogen) atoms. The molecule has 0 radical (unpaired) electrons. The minimum atomic E-state index is 0.942. The molecule has 0 aliphatic carbocycles. The van der Waals surface area contributed by atoms with Crippen molar-refractivity contribution in [2.24, 2.45) is 0 Å². The van der Waals surface area contributed by atoms with E-state index in [0.29, 0.717) is 0 Å². The van der Waals surface area contributed by atoms with E-state index in [1.165, 1.54) is 89.6 Å². The lowest BCUT2D eigenvalue weighted by molar-refractivity contribution is 0.537. The maximum absolute atomic E-state index is 3.69. The van der Waals surface area contributed by atoms with Gasteiger partial charge in [0.05, 0.1) is 0 Å². The predicted molar refractivity (Wildman–Crippen MR) is 91.2 cm³/mol. The van der Waals surface area contributed by atoms with Gasteiger partial charge in [-0.1, -0.05) is 103 Å². The van der Waals surface area contributed by atoms with Gasteiger partial charge in [-0.25, -0.2) is 0 Å². The predicted octanol–water partition coefficient (Wildman–Crippen LogP) is 6.63. The number of hydrogen-bond donors (Lipinski definition) is 0. The maximum atomic E-state index is 3.69. The van der Waals surface area contributed by atoms with Gasteiger partial charge in [0.1, 0.15) is 0 Å². The summed E-state index contributed by atoms with van der Waals surface area (Å²) in [6.07, 6.45) is 19.9. The minimum Gasteiger partial charge on any atom is -0.162 e. The molecule has 0 amide bonds. The van der Waals surface area contributed by atoms with Crippen LogP contribution < -0.4 is 0 Å². The summed E-state index contributed by atoms with van der Waals surface area (Å²) in [5.41, 5.74) is 0. The van der Waals surface area contributed by atoms with Crippen LogP contribution in [0.2, 0.25) is 5.82 Å². The molecule has 0 aromatic heterocycles. The van der Waals surface area contributed by atoms with Crippen molar-refractivity contribution >= 4 is 21.9 Å². The number of rotatable bonds is 14. The molecule has 1 unspecified atom stereocenters. The molecule has 0 aromatic carbocycles. The molecule has 0 spiro atoms. The molecule has 0 nitrogen and oxygen atoms in total. The summed E-state index contributed by atoms with van der Waals surface area (Å²) in [7, 11) is 0. The molecule has 0 bridgehead atoms. The van der Waals surface area contributed by atoms with Gasteiger partial charge in [-0.05, 0) is 0 Å². The van der Waals surface area contributed by atoms with Gasteiger partial charge in [-0.15, -0.1) is 0 Å². The number of unbranched alkanes of at least 4 members (excludes halogenated alkanes) is 9. The Kier molecular flexibility index (Phi) is 16.1. The van der Waals surface area contributed by atoms with Gasteiger partial charge in [0, 0.05) is 0 Å². The summed E-state index contributed by atoms with van der Waals surface area (Å²) in [6, 6.07) is 0. The van der Waals surface area contributed by atoms with Crippen LogP contribution >= 0.6 is 15.8 Å². The molecular formula is C16H34BBr. The Bertz CT molecular complexity index is 150. The van der Waals surface area contributed by atoms with Gasteiger partial charge in [0.2, 0.25) is 6.10 Å². The fourth-order valence-electron chi connectivity index (χ4n) is 2.55. The van der Waals surface area contributed by atoms with Crippen LogP contribution in [-0.2, 0) is 0 Å². The minimum absolute atomic E-state index is 0.942. The van der Waals surface area contributed by atoms with E-state index in [4.69, 9.17) is 0 Å². The maximum Gasteiger partial charge on any atom is 0.208 e. The van der Waals surface area contributed by atoms with E-state index >= 15 is 0 Å². The summed E-state index contributed by atoms with van der Waals surface area (Å²) in [5, 5.41) is 0. The number of hydrogen-bond acceptors (Lipinski definition) is 0. The molecule has 0 heterocycles. The third-order valence-electron chi connectivity index (χ3n) is 3.90. The normalized spacial score (nSPS) is 12.6. The highest BCUT2D eigenvalue weighted by molar-refractivity contribution is 9.23. The average molecular weight is 317 g/mol. The zero-order chi connectivity index (χ0) is 13.5. The number of halogens is 1. The van der Waals surface area contributed by atoms with Crippen molar-refractivity contribution in [2.45, 2.75) is 103 Å². The summed E-state index contributed by atoms with van der Waals surface area (Å²) in [5.74, 6) is 0.942. The highest BCUT2D eigenvalue weighted by atomic mass is 79.9. The quantitative estimate of drug-likeness (QED) is 0.249. The monoisotopic (exact) mass is 316 g/mol.